The van der Waals surface area contributed by atoms with Crippen LogP contribution < -0.4 is 0 Å². The summed E-state index contributed by atoms with van der Waals surface area (Å²) in [6.07, 6.45) is 3.73. The Morgan fingerprint density at radius 3 is 1.55 bits per heavy atom. The number of aliphatic imine (C=N–C) groups is 1. The fraction of sp³-hybridized carbons (Fsp3) is 0.0400. The summed E-state index contributed by atoms with van der Waals surface area (Å²) in [5, 5.41) is 0. The second kappa shape index (κ2) is 13.3. The summed E-state index contributed by atoms with van der Waals surface area (Å²) in [4.78, 5) is 22.3. The highest BCUT2D eigenvalue weighted by molar-refractivity contribution is 7.99. The molecule has 0 saturated carbocycles. The number of hydrogen-bond acceptors (Lipinski definition) is 5. The third kappa shape index (κ3) is 5.23. The van der Waals surface area contributed by atoms with E-state index in [0.29, 0.717) is 17.5 Å². The first-order valence-corrected chi connectivity index (χ1v) is 19.3. The van der Waals surface area contributed by atoms with Crippen LogP contribution in [0, 0.1) is 0 Å². The molecule has 1 aromatic heterocycles. The standard InChI is InChI=1S/C50H34N4S/c1-3-32-20-15-23-37(46(32)51-4-2)35-26-28-42-44(30-35)55-45-31-36(27-29-43(45)50(42)40-24-13-11-21-38(40)39-22-12-14-25-41(39)50)49-53-47(33-16-7-5-8-17-33)52-48(54-49)34-18-9-6-10-19-34/h3-31H,1H2,2H3. The summed E-state index contributed by atoms with van der Waals surface area (Å²) in [6.45, 7) is 6.04. The van der Waals surface area contributed by atoms with Gasteiger partial charge in [-0.15, -0.1) is 0 Å². The van der Waals surface area contributed by atoms with E-state index in [2.05, 4.69) is 110 Å². The van der Waals surface area contributed by atoms with Crippen LogP contribution in [-0.2, 0) is 5.41 Å². The van der Waals surface area contributed by atoms with Gasteiger partial charge in [-0.1, -0.05) is 176 Å². The molecule has 0 saturated heterocycles. The Morgan fingerprint density at radius 1 is 0.491 bits per heavy atom. The molecule has 1 spiro atoms. The molecule has 0 N–H and O–H groups in total. The van der Waals surface area contributed by atoms with Crippen LogP contribution in [0.1, 0.15) is 34.7 Å². The minimum atomic E-state index is -0.517. The van der Waals surface area contributed by atoms with Crippen LogP contribution in [-0.4, -0.2) is 21.2 Å². The summed E-state index contributed by atoms with van der Waals surface area (Å²) >= 11 is 1.81. The van der Waals surface area contributed by atoms with E-state index in [4.69, 9.17) is 19.9 Å². The van der Waals surface area contributed by atoms with Crippen molar-refractivity contribution in [3.63, 3.8) is 0 Å². The van der Waals surface area contributed by atoms with Gasteiger partial charge >= 0.3 is 0 Å². The summed E-state index contributed by atoms with van der Waals surface area (Å²) in [7, 11) is 0. The maximum Gasteiger partial charge on any atom is 0.164 e. The van der Waals surface area contributed by atoms with Crippen molar-refractivity contribution < 1.29 is 0 Å². The van der Waals surface area contributed by atoms with Crippen LogP contribution >= 0.6 is 11.8 Å². The molecule has 0 amide bonds. The first kappa shape index (κ1) is 32.9. The SMILES string of the molecule is C=Cc1cccc(-c2ccc3c(c2)Sc2cc(-c4nc(-c5ccccc5)nc(-c5ccccc5)n4)ccc2C32c3ccccc3-c3ccccc32)c1N=CC. The van der Waals surface area contributed by atoms with Crippen molar-refractivity contribution in [1.82, 2.24) is 15.0 Å². The Morgan fingerprint density at radius 2 is 0.982 bits per heavy atom. The van der Waals surface area contributed by atoms with E-state index in [1.54, 1.807) is 0 Å². The molecule has 10 rings (SSSR count). The number of hydrogen-bond donors (Lipinski definition) is 0. The van der Waals surface area contributed by atoms with Crippen LogP contribution in [0.15, 0.2) is 185 Å². The number of fused-ring (bicyclic) bond motifs is 9. The maximum atomic E-state index is 5.10. The Kier molecular flexibility index (Phi) is 7.97. The van der Waals surface area contributed by atoms with Crippen LogP contribution in [0.3, 0.4) is 0 Å². The average molecular weight is 723 g/mol. The molecular weight excluding hydrogens is 689 g/mol. The maximum absolute atomic E-state index is 5.10. The average Bonchev–Trinajstić information content (AvgIpc) is 3.54. The van der Waals surface area contributed by atoms with Gasteiger partial charge in [-0.3, -0.25) is 4.99 Å². The van der Waals surface area contributed by atoms with E-state index in [9.17, 15) is 0 Å². The highest BCUT2D eigenvalue weighted by Gasteiger charge is 2.50. The zero-order valence-electron chi connectivity index (χ0n) is 30.1. The van der Waals surface area contributed by atoms with E-state index in [-0.39, 0.29) is 0 Å². The Balaban J connectivity index is 1.22. The van der Waals surface area contributed by atoms with Crippen molar-refractivity contribution in [2.75, 3.05) is 0 Å². The molecule has 1 aliphatic carbocycles. The van der Waals surface area contributed by atoms with E-state index in [1.807, 2.05) is 91.6 Å². The van der Waals surface area contributed by atoms with Gasteiger partial charge < -0.3 is 0 Å². The van der Waals surface area contributed by atoms with Crippen molar-refractivity contribution in [3.8, 4) is 56.4 Å². The van der Waals surface area contributed by atoms with Crippen LogP contribution in [0.5, 0.6) is 0 Å². The second-order valence-electron chi connectivity index (χ2n) is 13.7. The van der Waals surface area contributed by atoms with Crippen LogP contribution in [0.4, 0.5) is 5.69 Å². The molecule has 2 heterocycles. The third-order valence-corrected chi connectivity index (χ3v) is 11.9. The second-order valence-corrected chi connectivity index (χ2v) is 14.8. The molecule has 2 aliphatic rings. The fourth-order valence-electron chi connectivity index (χ4n) is 8.39. The van der Waals surface area contributed by atoms with Gasteiger partial charge in [0, 0.05) is 43.8 Å². The predicted octanol–water partition coefficient (Wildman–Crippen LogP) is 12.7. The van der Waals surface area contributed by atoms with E-state index in [1.165, 1.54) is 43.2 Å². The van der Waals surface area contributed by atoms with Gasteiger partial charge in [0.05, 0.1) is 11.1 Å². The molecule has 1 aliphatic heterocycles. The smallest absolute Gasteiger partial charge is 0.164 e. The summed E-state index contributed by atoms with van der Waals surface area (Å²) in [5.41, 5.74) is 14.1. The molecular formula is C50H34N4S. The van der Waals surface area contributed by atoms with Crippen molar-refractivity contribution in [2.24, 2.45) is 4.99 Å². The van der Waals surface area contributed by atoms with Gasteiger partial charge in [0.2, 0.25) is 0 Å². The van der Waals surface area contributed by atoms with Crippen LogP contribution in [0.25, 0.3) is 62.5 Å². The number of nitrogens with zero attached hydrogens (tertiary/aromatic N) is 4. The highest BCUT2D eigenvalue weighted by Crippen LogP contribution is 2.62. The summed E-state index contributed by atoms with van der Waals surface area (Å²) < 4.78 is 0. The molecule has 8 aromatic rings. The molecule has 0 radical (unpaired) electrons. The predicted molar refractivity (Wildman–Crippen MR) is 227 cm³/mol. The number of aromatic nitrogens is 3. The van der Waals surface area contributed by atoms with E-state index >= 15 is 0 Å². The number of benzene rings is 7. The first-order valence-electron chi connectivity index (χ1n) is 18.5. The summed E-state index contributed by atoms with van der Waals surface area (Å²) in [5.74, 6) is 1.93. The van der Waals surface area contributed by atoms with E-state index < -0.39 is 5.41 Å². The molecule has 4 nitrogen and oxygen atoms in total. The minimum absolute atomic E-state index is 0.517. The van der Waals surface area contributed by atoms with Crippen molar-refractivity contribution >= 4 is 29.7 Å². The Hall–Kier alpha value is -6.69. The van der Waals surface area contributed by atoms with Crippen LogP contribution in [0.2, 0.25) is 0 Å². The number of para-hydroxylation sites is 1. The third-order valence-electron chi connectivity index (χ3n) is 10.8. The van der Waals surface area contributed by atoms with Gasteiger partial charge in [0.15, 0.2) is 17.5 Å². The quantitative estimate of drug-likeness (QED) is 0.160. The normalized spacial score (nSPS) is 13.3. The Bertz CT molecular complexity index is 2720. The lowest BCUT2D eigenvalue weighted by Gasteiger charge is -2.40. The van der Waals surface area contributed by atoms with Crippen molar-refractivity contribution in [3.05, 3.63) is 198 Å². The lowest BCUT2D eigenvalue weighted by molar-refractivity contribution is 0.722. The molecule has 260 valence electrons. The topological polar surface area (TPSA) is 51.0 Å². The van der Waals surface area contributed by atoms with Gasteiger partial charge in [-0.2, -0.15) is 0 Å². The zero-order chi connectivity index (χ0) is 36.9. The zero-order valence-corrected chi connectivity index (χ0v) is 31.0. The van der Waals surface area contributed by atoms with Gasteiger partial charge in [-0.25, -0.2) is 15.0 Å². The summed E-state index contributed by atoms with van der Waals surface area (Å²) in [6, 6.07) is 58.1. The first-order chi connectivity index (χ1) is 27.2. The van der Waals surface area contributed by atoms with Crippen molar-refractivity contribution in [2.45, 2.75) is 22.1 Å². The molecule has 0 unspecified atom stereocenters. The van der Waals surface area contributed by atoms with Crippen molar-refractivity contribution in [1.29, 1.82) is 0 Å². The molecule has 5 heteroatoms. The van der Waals surface area contributed by atoms with E-state index in [0.717, 1.165) is 39.1 Å². The molecule has 7 aromatic carbocycles. The number of rotatable bonds is 6. The molecule has 0 fully saturated rings. The Labute approximate surface area is 325 Å². The van der Waals surface area contributed by atoms with Gasteiger partial charge in [0.25, 0.3) is 0 Å². The molecule has 55 heavy (non-hydrogen) atoms. The van der Waals surface area contributed by atoms with Gasteiger partial charge in [-0.05, 0) is 58.0 Å². The highest BCUT2D eigenvalue weighted by atomic mass is 32.2. The monoisotopic (exact) mass is 722 g/mol. The fourth-order valence-corrected chi connectivity index (χ4v) is 9.66. The molecule has 0 atom stereocenters. The largest absolute Gasteiger partial charge is 0.260 e. The minimum Gasteiger partial charge on any atom is -0.260 e. The lowest BCUT2D eigenvalue weighted by Crippen LogP contribution is -2.32. The molecule has 0 bridgehead atoms. The van der Waals surface area contributed by atoms with Gasteiger partial charge in [0.1, 0.15) is 0 Å². The lowest BCUT2D eigenvalue weighted by atomic mass is 9.67.